The van der Waals surface area contributed by atoms with Crippen LogP contribution in [-0.4, -0.2) is 22.7 Å². The van der Waals surface area contributed by atoms with E-state index in [2.05, 4.69) is 15.9 Å². The standard InChI is InChI=1S/C14H16BrNO3/c1-14(2)6-5-9-8(7-11(16)13(17)18)3-4-10(15)12(9)19-14/h3-6,11H,7,16H2,1-2H3,(H,17,18)/t11-/m0/s1. The van der Waals surface area contributed by atoms with Gasteiger partial charge in [-0.15, -0.1) is 0 Å². The van der Waals surface area contributed by atoms with Gasteiger partial charge in [-0.25, -0.2) is 0 Å². The third-order valence-corrected chi connectivity index (χ3v) is 3.64. The molecule has 0 radical (unpaired) electrons. The molecule has 0 bridgehead atoms. The molecule has 1 heterocycles. The molecule has 0 aromatic heterocycles. The number of hydrogen-bond donors (Lipinski definition) is 2. The van der Waals surface area contributed by atoms with E-state index in [1.165, 1.54) is 0 Å². The van der Waals surface area contributed by atoms with Crippen LogP contribution in [0.4, 0.5) is 0 Å². The molecule has 4 nitrogen and oxygen atoms in total. The predicted molar refractivity (Wildman–Crippen MR) is 77.2 cm³/mol. The first kappa shape index (κ1) is 14.1. The Bertz CT molecular complexity index is 552. The Hall–Kier alpha value is -1.33. The van der Waals surface area contributed by atoms with E-state index in [1.807, 2.05) is 38.1 Å². The fraction of sp³-hybridized carbons (Fsp3) is 0.357. The maximum absolute atomic E-state index is 10.9. The van der Waals surface area contributed by atoms with Crippen LogP contribution in [0.15, 0.2) is 22.7 Å². The van der Waals surface area contributed by atoms with Crippen LogP contribution < -0.4 is 10.5 Å². The molecule has 0 aliphatic carbocycles. The molecule has 102 valence electrons. The van der Waals surface area contributed by atoms with Crippen LogP contribution in [-0.2, 0) is 11.2 Å². The number of carboxylic acid groups (broad SMARTS) is 1. The zero-order chi connectivity index (χ0) is 14.2. The van der Waals surface area contributed by atoms with Gasteiger partial charge in [0.05, 0.1) is 4.47 Å². The van der Waals surface area contributed by atoms with E-state index >= 15 is 0 Å². The number of hydrogen-bond acceptors (Lipinski definition) is 3. The van der Waals surface area contributed by atoms with Crippen molar-refractivity contribution in [2.24, 2.45) is 5.73 Å². The SMILES string of the molecule is CC1(C)C=Cc2c(C[C@H](N)C(=O)O)ccc(Br)c2O1. The molecule has 0 fully saturated rings. The molecule has 1 aromatic carbocycles. The molecule has 0 saturated heterocycles. The van der Waals surface area contributed by atoms with Gasteiger partial charge in [0.25, 0.3) is 0 Å². The second-order valence-corrected chi connectivity index (χ2v) is 5.99. The van der Waals surface area contributed by atoms with Gasteiger partial charge in [0.1, 0.15) is 17.4 Å². The quantitative estimate of drug-likeness (QED) is 0.895. The van der Waals surface area contributed by atoms with Crippen LogP contribution in [0, 0.1) is 0 Å². The number of halogens is 1. The number of ether oxygens (including phenoxy) is 1. The highest BCUT2D eigenvalue weighted by Crippen LogP contribution is 2.39. The number of rotatable bonds is 3. The molecule has 0 spiro atoms. The molecule has 2 rings (SSSR count). The van der Waals surface area contributed by atoms with Crippen molar-refractivity contribution in [2.45, 2.75) is 31.9 Å². The maximum atomic E-state index is 10.9. The van der Waals surface area contributed by atoms with E-state index in [0.29, 0.717) is 0 Å². The van der Waals surface area contributed by atoms with E-state index in [9.17, 15) is 4.79 Å². The molecule has 1 aliphatic rings. The third kappa shape index (κ3) is 2.98. The van der Waals surface area contributed by atoms with Gasteiger partial charge in [-0.1, -0.05) is 12.1 Å². The van der Waals surface area contributed by atoms with Crippen LogP contribution >= 0.6 is 15.9 Å². The van der Waals surface area contributed by atoms with E-state index in [1.54, 1.807) is 0 Å². The highest BCUT2D eigenvalue weighted by atomic mass is 79.9. The number of nitrogens with two attached hydrogens (primary N) is 1. The lowest BCUT2D eigenvalue weighted by molar-refractivity contribution is -0.138. The second-order valence-electron chi connectivity index (χ2n) is 5.14. The van der Waals surface area contributed by atoms with E-state index in [0.717, 1.165) is 21.3 Å². The first-order valence-corrected chi connectivity index (χ1v) is 6.77. The first-order chi connectivity index (χ1) is 8.80. The molecule has 0 saturated carbocycles. The Morgan fingerprint density at radius 3 is 2.84 bits per heavy atom. The predicted octanol–water partition coefficient (Wildman–Crippen LogP) is 2.59. The summed E-state index contributed by atoms with van der Waals surface area (Å²) in [6, 6.07) is 2.82. The van der Waals surface area contributed by atoms with Crippen molar-refractivity contribution >= 4 is 28.0 Å². The summed E-state index contributed by atoms with van der Waals surface area (Å²) in [7, 11) is 0. The second kappa shape index (κ2) is 4.98. The summed E-state index contributed by atoms with van der Waals surface area (Å²) >= 11 is 3.46. The Labute approximate surface area is 120 Å². The van der Waals surface area contributed by atoms with Crippen LogP contribution in [0.2, 0.25) is 0 Å². The topological polar surface area (TPSA) is 72.6 Å². The van der Waals surface area contributed by atoms with Crippen LogP contribution in [0.3, 0.4) is 0 Å². The Morgan fingerprint density at radius 1 is 1.53 bits per heavy atom. The summed E-state index contributed by atoms with van der Waals surface area (Å²) < 4.78 is 6.77. The maximum Gasteiger partial charge on any atom is 0.320 e. The van der Waals surface area contributed by atoms with Gasteiger partial charge in [-0.3, -0.25) is 4.79 Å². The molecule has 19 heavy (non-hydrogen) atoms. The highest BCUT2D eigenvalue weighted by molar-refractivity contribution is 9.10. The molecule has 1 aliphatic heterocycles. The number of benzene rings is 1. The lowest BCUT2D eigenvalue weighted by Crippen LogP contribution is -2.33. The largest absolute Gasteiger partial charge is 0.482 e. The summed E-state index contributed by atoms with van der Waals surface area (Å²) in [5.41, 5.74) is 6.99. The third-order valence-electron chi connectivity index (χ3n) is 3.01. The summed E-state index contributed by atoms with van der Waals surface area (Å²) in [4.78, 5) is 10.9. The molecule has 0 unspecified atom stereocenters. The normalized spacial score (nSPS) is 17.5. The fourth-order valence-corrected chi connectivity index (χ4v) is 2.41. The fourth-order valence-electron chi connectivity index (χ4n) is 1.98. The molecular weight excluding hydrogens is 310 g/mol. The van der Waals surface area contributed by atoms with E-state index in [4.69, 9.17) is 15.6 Å². The van der Waals surface area contributed by atoms with Crippen molar-refractivity contribution in [3.63, 3.8) is 0 Å². The Kier molecular flexibility index (Phi) is 3.69. The van der Waals surface area contributed by atoms with Crippen molar-refractivity contribution in [3.05, 3.63) is 33.8 Å². The summed E-state index contributed by atoms with van der Waals surface area (Å²) in [6.07, 6.45) is 4.20. The lowest BCUT2D eigenvalue weighted by Gasteiger charge is -2.30. The monoisotopic (exact) mass is 325 g/mol. The molecule has 5 heteroatoms. The van der Waals surface area contributed by atoms with Gasteiger partial charge in [0, 0.05) is 5.56 Å². The van der Waals surface area contributed by atoms with Crippen LogP contribution in [0.25, 0.3) is 6.08 Å². The van der Waals surface area contributed by atoms with Crippen LogP contribution in [0.5, 0.6) is 5.75 Å². The van der Waals surface area contributed by atoms with Gasteiger partial charge in [-0.2, -0.15) is 0 Å². The van der Waals surface area contributed by atoms with Crippen molar-refractivity contribution in [3.8, 4) is 5.75 Å². The van der Waals surface area contributed by atoms with Gasteiger partial charge in [-0.05, 0) is 53.9 Å². The minimum atomic E-state index is -1.00. The summed E-state index contributed by atoms with van der Waals surface area (Å²) in [5.74, 6) is -0.264. The van der Waals surface area contributed by atoms with Crippen molar-refractivity contribution in [1.82, 2.24) is 0 Å². The zero-order valence-corrected chi connectivity index (χ0v) is 12.4. The molecule has 1 aromatic rings. The molecular formula is C14H16BrNO3. The number of fused-ring (bicyclic) bond motifs is 1. The van der Waals surface area contributed by atoms with Crippen LogP contribution in [0.1, 0.15) is 25.0 Å². The molecule has 3 N–H and O–H groups in total. The highest BCUT2D eigenvalue weighted by Gasteiger charge is 2.26. The number of carboxylic acids is 1. The van der Waals surface area contributed by atoms with Gasteiger partial charge in [0.15, 0.2) is 0 Å². The average Bonchev–Trinajstić information content (AvgIpc) is 2.32. The van der Waals surface area contributed by atoms with Crippen molar-refractivity contribution in [2.75, 3.05) is 0 Å². The van der Waals surface area contributed by atoms with Gasteiger partial charge in [0.2, 0.25) is 0 Å². The summed E-state index contributed by atoms with van der Waals surface area (Å²) in [5, 5.41) is 8.90. The minimum absolute atomic E-state index is 0.277. The lowest BCUT2D eigenvalue weighted by atomic mass is 9.95. The van der Waals surface area contributed by atoms with E-state index in [-0.39, 0.29) is 12.0 Å². The average molecular weight is 326 g/mol. The molecule has 1 atom stereocenters. The number of aliphatic carboxylic acids is 1. The molecule has 0 amide bonds. The smallest absolute Gasteiger partial charge is 0.320 e. The Morgan fingerprint density at radius 2 is 2.21 bits per heavy atom. The van der Waals surface area contributed by atoms with E-state index < -0.39 is 12.0 Å². The zero-order valence-electron chi connectivity index (χ0n) is 10.8. The van der Waals surface area contributed by atoms with Crippen molar-refractivity contribution in [1.29, 1.82) is 0 Å². The Balaban J connectivity index is 2.41. The minimum Gasteiger partial charge on any atom is -0.482 e. The van der Waals surface area contributed by atoms with Gasteiger partial charge >= 0.3 is 5.97 Å². The van der Waals surface area contributed by atoms with Crippen molar-refractivity contribution < 1.29 is 14.6 Å². The number of carbonyl (C=O) groups is 1. The first-order valence-electron chi connectivity index (χ1n) is 5.98. The van der Waals surface area contributed by atoms with Gasteiger partial charge < -0.3 is 15.6 Å². The summed E-state index contributed by atoms with van der Waals surface area (Å²) in [6.45, 7) is 3.93.